The molecule has 0 fully saturated rings. The van der Waals surface area contributed by atoms with Crippen molar-refractivity contribution in [2.45, 2.75) is 13.3 Å². The third-order valence-corrected chi connectivity index (χ3v) is 3.09. The Labute approximate surface area is 98.1 Å². The zero-order valence-electron chi connectivity index (χ0n) is 9.56. The van der Waals surface area contributed by atoms with Crippen molar-refractivity contribution in [1.29, 1.82) is 0 Å². The molecule has 0 saturated heterocycles. The number of hydrogen-bond acceptors (Lipinski definition) is 3. The van der Waals surface area contributed by atoms with Crippen LogP contribution in [0.4, 0.5) is 0 Å². The van der Waals surface area contributed by atoms with Gasteiger partial charge in [0, 0.05) is 25.5 Å². The largest absolute Gasteiger partial charge is 0.306 e. The molecule has 2 nitrogen and oxygen atoms in total. The molecule has 0 N–H and O–H groups in total. The number of pyridine rings is 1. The van der Waals surface area contributed by atoms with Gasteiger partial charge in [0.25, 0.3) is 0 Å². The third-order valence-electron chi connectivity index (χ3n) is 2.47. The van der Waals surface area contributed by atoms with Crippen molar-refractivity contribution >= 4 is 12.6 Å². The molecule has 1 rings (SSSR count). The first-order valence-corrected chi connectivity index (χ1v) is 6.04. The summed E-state index contributed by atoms with van der Waals surface area (Å²) in [5, 5.41) is 0. The molecule has 0 aliphatic heterocycles. The van der Waals surface area contributed by atoms with Gasteiger partial charge in [0.15, 0.2) is 0 Å². The van der Waals surface area contributed by atoms with Crippen molar-refractivity contribution in [3.8, 4) is 0 Å². The summed E-state index contributed by atoms with van der Waals surface area (Å²) >= 11 is 4.29. The Balaban J connectivity index is 2.25. The maximum absolute atomic E-state index is 4.29. The highest BCUT2D eigenvalue weighted by Gasteiger charge is 2.04. The van der Waals surface area contributed by atoms with E-state index in [4.69, 9.17) is 0 Å². The van der Waals surface area contributed by atoms with Crippen molar-refractivity contribution in [2.24, 2.45) is 5.92 Å². The predicted octanol–water partition coefficient (Wildman–Crippen LogP) is 2.12. The van der Waals surface area contributed by atoms with Gasteiger partial charge in [-0.3, -0.25) is 4.98 Å². The molecule has 1 heterocycles. The van der Waals surface area contributed by atoms with Crippen LogP contribution in [-0.2, 0) is 6.42 Å². The van der Waals surface area contributed by atoms with E-state index in [0.717, 1.165) is 25.3 Å². The molecule has 0 amide bonds. The first-order chi connectivity index (χ1) is 7.22. The lowest BCUT2D eigenvalue weighted by molar-refractivity contribution is 0.301. The van der Waals surface area contributed by atoms with E-state index in [2.05, 4.69) is 48.6 Å². The topological polar surface area (TPSA) is 16.1 Å². The fourth-order valence-corrected chi connectivity index (χ4v) is 1.67. The first-order valence-electron chi connectivity index (χ1n) is 5.40. The van der Waals surface area contributed by atoms with Gasteiger partial charge in [-0.15, -0.1) is 0 Å². The molecule has 0 aliphatic rings. The molecule has 0 radical (unpaired) electrons. The Bertz CT molecular complexity index is 264. The highest BCUT2D eigenvalue weighted by atomic mass is 32.1. The van der Waals surface area contributed by atoms with Crippen molar-refractivity contribution in [3.05, 3.63) is 30.1 Å². The number of nitrogens with zero attached hydrogens (tertiary/aromatic N) is 2. The van der Waals surface area contributed by atoms with Gasteiger partial charge in [-0.25, -0.2) is 0 Å². The Morgan fingerprint density at radius 2 is 2.07 bits per heavy atom. The fourth-order valence-electron chi connectivity index (χ4n) is 1.55. The molecule has 15 heavy (non-hydrogen) atoms. The average molecular weight is 224 g/mol. The summed E-state index contributed by atoms with van der Waals surface area (Å²) in [7, 11) is 2.17. The van der Waals surface area contributed by atoms with Crippen molar-refractivity contribution in [2.75, 3.05) is 25.9 Å². The van der Waals surface area contributed by atoms with E-state index in [-0.39, 0.29) is 0 Å². The molecule has 0 aliphatic carbocycles. The molecule has 0 aromatic carbocycles. The van der Waals surface area contributed by atoms with E-state index in [1.54, 1.807) is 0 Å². The zero-order chi connectivity index (χ0) is 11.1. The van der Waals surface area contributed by atoms with Crippen molar-refractivity contribution in [1.82, 2.24) is 9.88 Å². The van der Waals surface area contributed by atoms with Gasteiger partial charge in [-0.2, -0.15) is 12.6 Å². The maximum Gasteiger partial charge on any atom is 0.0270 e. The number of hydrogen-bond donors (Lipinski definition) is 1. The molecule has 0 spiro atoms. The van der Waals surface area contributed by atoms with Crippen molar-refractivity contribution in [3.63, 3.8) is 0 Å². The number of rotatable bonds is 6. The fraction of sp³-hybridized carbons (Fsp3) is 0.583. The first kappa shape index (κ1) is 12.5. The summed E-state index contributed by atoms with van der Waals surface area (Å²) in [5.41, 5.74) is 1.36. The number of likely N-dealkylation sites (N-methyl/N-ethyl adjacent to an activating group) is 1. The van der Waals surface area contributed by atoms with Gasteiger partial charge in [-0.05, 0) is 42.8 Å². The lowest BCUT2D eigenvalue weighted by atomic mass is 10.1. The molecule has 1 atom stereocenters. The predicted molar refractivity (Wildman–Crippen MR) is 68.5 cm³/mol. The van der Waals surface area contributed by atoms with Gasteiger partial charge in [0.2, 0.25) is 0 Å². The standard InChI is InChI=1S/C12H20N2S/c1-11(10-15)9-14(2)8-5-12-3-6-13-7-4-12/h3-4,6-7,11,15H,5,8-10H2,1-2H3. The highest BCUT2D eigenvalue weighted by molar-refractivity contribution is 7.80. The second-order valence-corrected chi connectivity index (χ2v) is 4.52. The molecule has 1 unspecified atom stereocenters. The Hall–Kier alpha value is -0.540. The molecular formula is C12H20N2S. The van der Waals surface area contributed by atoms with Crippen LogP contribution in [0.3, 0.4) is 0 Å². The lowest BCUT2D eigenvalue weighted by Crippen LogP contribution is -2.27. The van der Waals surface area contributed by atoms with Crippen LogP contribution in [0.2, 0.25) is 0 Å². The normalized spacial score (nSPS) is 13.1. The number of aromatic nitrogens is 1. The third kappa shape index (κ3) is 5.19. The summed E-state index contributed by atoms with van der Waals surface area (Å²) in [6, 6.07) is 4.16. The highest BCUT2D eigenvalue weighted by Crippen LogP contribution is 2.03. The molecule has 0 saturated carbocycles. The maximum atomic E-state index is 4.29. The van der Waals surface area contributed by atoms with E-state index in [0.29, 0.717) is 5.92 Å². The van der Waals surface area contributed by atoms with Crippen LogP contribution < -0.4 is 0 Å². The summed E-state index contributed by atoms with van der Waals surface area (Å²) in [4.78, 5) is 6.37. The van der Waals surface area contributed by atoms with E-state index < -0.39 is 0 Å². The average Bonchev–Trinajstić information content (AvgIpc) is 2.27. The van der Waals surface area contributed by atoms with Crippen LogP contribution in [0.15, 0.2) is 24.5 Å². The minimum atomic E-state index is 0.663. The van der Waals surface area contributed by atoms with Gasteiger partial charge in [0.1, 0.15) is 0 Å². The lowest BCUT2D eigenvalue weighted by Gasteiger charge is -2.19. The summed E-state index contributed by atoms with van der Waals surface area (Å²) < 4.78 is 0. The zero-order valence-corrected chi connectivity index (χ0v) is 10.5. The number of thiol groups is 1. The van der Waals surface area contributed by atoms with Gasteiger partial charge >= 0.3 is 0 Å². The van der Waals surface area contributed by atoms with Crippen LogP contribution in [0.5, 0.6) is 0 Å². The van der Waals surface area contributed by atoms with Gasteiger partial charge < -0.3 is 4.90 Å². The second-order valence-electron chi connectivity index (χ2n) is 4.16. The van der Waals surface area contributed by atoms with Crippen LogP contribution in [0.1, 0.15) is 12.5 Å². The van der Waals surface area contributed by atoms with Gasteiger partial charge in [-0.1, -0.05) is 6.92 Å². The van der Waals surface area contributed by atoms with E-state index >= 15 is 0 Å². The van der Waals surface area contributed by atoms with Gasteiger partial charge in [0.05, 0.1) is 0 Å². The van der Waals surface area contributed by atoms with Crippen LogP contribution >= 0.6 is 12.6 Å². The van der Waals surface area contributed by atoms with Crippen LogP contribution in [0.25, 0.3) is 0 Å². The Morgan fingerprint density at radius 3 is 2.67 bits per heavy atom. The van der Waals surface area contributed by atoms with E-state index in [9.17, 15) is 0 Å². The summed E-state index contributed by atoms with van der Waals surface area (Å²) in [5.74, 6) is 1.62. The summed E-state index contributed by atoms with van der Waals surface area (Å²) in [6.07, 6.45) is 4.80. The minimum absolute atomic E-state index is 0.663. The van der Waals surface area contributed by atoms with Crippen LogP contribution in [-0.4, -0.2) is 35.8 Å². The van der Waals surface area contributed by atoms with Crippen molar-refractivity contribution < 1.29 is 0 Å². The quantitative estimate of drug-likeness (QED) is 0.745. The van der Waals surface area contributed by atoms with E-state index in [1.807, 2.05) is 12.4 Å². The Morgan fingerprint density at radius 1 is 1.40 bits per heavy atom. The minimum Gasteiger partial charge on any atom is -0.306 e. The molecule has 1 aromatic heterocycles. The summed E-state index contributed by atoms with van der Waals surface area (Å²) in [6.45, 7) is 4.45. The molecular weight excluding hydrogens is 204 g/mol. The molecule has 84 valence electrons. The van der Waals surface area contributed by atoms with Crippen LogP contribution in [0, 0.1) is 5.92 Å². The molecule has 0 bridgehead atoms. The second kappa shape index (κ2) is 6.85. The van der Waals surface area contributed by atoms with E-state index in [1.165, 1.54) is 5.56 Å². The monoisotopic (exact) mass is 224 g/mol. The SMILES string of the molecule is CC(CS)CN(C)CCc1ccncc1. The molecule has 1 aromatic rings. The molecule has 3 heteroatoms. The smallest absolute Gasteiger partial charge is 0.0270 e. The Kier molecular flexibility index (Phi) is 5.73.